The second-order valence-corrected chi connectivity index (χ2v) is 5.36. The molecule has 1 unspecified atom stereocenters. The highest BCUT2D eigenvalue weighted by molar-refractivity contribution is 6.01. The number of non-ortho nitro benzene ring substituents is 1. The first kappa shape index (κ1) is 17.1. The number of nitrogens with zero attached hydrogens (tertiary/aromatic N) is 1. The molecule has 0 saturated heterocycles. The lowest BCUT2D eigenvalue weighted by molar-refractivity contribution is -0.384. The van der Waals surface area contributed by atoms with Crippen LogP contribution >= 0.6 is 0 Å². The third-order valence-electron chi connectivity index (χ3n) is 3.38. The number of nitro groups is 1. The topological polar surface area (TPSA) is 101 Å². The summed E-state index contributed by atoms with van der Waals surface area (Å²) in [6, 6.07) is 11.8. The Kier molecular flexibility index (Phi) is 5.26. The minimum atomic E-state index is -0.793. The molecule has 0 fully saturated rings. The highest BCUT2D eigenvalue weighted by Crippen LogP contribution is 2.13. The monoisotopic (exact) mass is 327 g/mol. The molecule has 0 spiro atoms. The van der Waals surface area contributed by atoms with E-state index in [0.717, 1.165) is 5.56 Å². The van der Waals surface area contributed by atoms with E-state index in [9.17, 15) is 19.7 Å². The van der Waals surface area contributed by atoms with Crippen molar-refractivity contribution in [3.63, 3.8) is 0 Å². The standard InChI is InChI=1S/C17H17N3O4/c1-11-6-8-14(9-7-11)19-16(21)12(2)18-17(22)13-4-3-5-15(10-13)20(23)24/h3-10,12H,1-2H3,(H,18,22)(H,19,21). The van der Waals surface area contributed by atoms with Gasteiger partial charge in [-0.05, 0) is 32.0 Å². The van der Waals surface area contributed by atoms with Crippen LogP contribution < -0.4 is 10.6 Å². The number of amides is 2. The third kappa shape index (κ3) is 4.39. The first-order valence-corrected chi connectivity index (χ1v) is 7.29. The van der Waals surface area contributed by atoms with E-state index in [0.29, 0.717) is 5.69 Å². The summed E-state index contributed by atoms with van der Waals surface area (Å²) in [6.45, 7) is 3.48. The van der Waals surface area contributed by atoms with E-state index in [1.54, 1.807) is 19.1 Å². The van der Waals surface area contributed by atoms with E-state index in [1.807, 2.05) is 19.1 Å². The van der Waals surface area contributed by atoms with Gasteiger partial charge in [-0.25, -0.2) is 0 Å². The van der Waals surface area contributed by atoms with Gasteiger partial charge in [0.2, 0.25) is 5.91 Å². The van der Waals surface area contributed by atoms with Gasteiger partial charge in [0.1, 0.15) is 6.04 Å². The number of carbonyl (C=O) groups excluding carboxylic acids is 2. The number of nitro benzene ring substituents is 1. The molecular formula is C17H17N3O4. The summed E-state index contributed by atoms with van der Waals surface area (Å²) >= 11 is 0. The number of anilines is 1. The van der Waals surface area contributed by atoms with Crippen LogP contribution in [0, 0.1) is 17.0 Å². The lowest BCUT2D eigenvalue weighted by Gasteiger charge is -2.14. The van der Waals surface area contributed by atoms with Crippen LogP contribution in [0.1, 0.15) is 22.8 Å². The normalized spacial score (nSPS) is 11.4. The molecule has 7 heteroatoms. The SMILES string of the molecule is Cc1ccc(NC(=O)C(C)NC(=O)c2cccc([N+](=O)[O-])c2)cc1. The van der Waals surface area contributed by atoms with Gasteiger partial charge in [-0.15, -0.1) is 0 Å². The van der Waals surface area contributed by atoms with Crippen molar-refractivity contribution in [3.05, 3.63) is 69.8 Å². The fraction of sp³-hybridized carbons (Fsp3) is 0.176. The molecule has 2 amide bonds. The molecule has 7 nitrogen and oxygen atoms in total. The van der Waals surface area contributed by atoms with E-state index in [2.05, 4.69) is 10.6 Å². The number of aryl methyl sites for hydroxylation is 1. The average molecular weight is 327 g/mol. The smallest absolute Gasteiger partial charge is 0.270 e. The van der Waals surface area contributed by atoms with Crippen LogP contribution in [0.25, 0.3) is 0 Å². The van der Waals surface area contributed by atoms with E-state index >= 15 is 0 Å². The van der Waals surface area contributed by atoms with Crippen LogP contribution in [0.5, 0.6) is 0 Å². The van der Waals surface area contributed by atoms with Gasteiger partial charge in [-0.1, -0.05) is 23.8 Å². The van der Waals surface area contributed by atoms with Crippen LogP contribution in [0.15, 0.2) is 48.5 Å². The Labute approximate surface area is 138 Å². The van der Waals surface area contributed by atoms with Crippen LogP contribution in [0.2, 0.25) is 0 Å². The molecule has 2 rings (SSSR count). The van der Waals surface area contributed by atoms with E-state index in [-0.39, 0.29) is 17.2 Å². The minimum Gasteiger partial charge on any atom is -0.341 e. The number of rotatable bonds is 5. The van der Waals surface area contributed by atoms with Gasteiger partial charge in [0.05, 0.1) is 4.92 Å². The van der Waals surface area contributed by atoms with Crippen molar-refractivity contribution < 1.29 is 14.5 Å². The predicted octanol–water partition coefficient (Wildman–Crippen LogP) is 2.66. The van der Waals surface area contributed by atoms with Crippen molar-refractivity contribution in [1.82, 2.24) is 5.32 Å². The number of hydrogen-bond donors (Lipinski definition) is 2. The second-order valence-electron chi connectivity index (χ2n) is 5.36. The van der Waals surface area contributed by atoms with Crippen molar-refractivity contribution in [2.75, 3.05) is 5.32 Å². The van der Waals surface area contributed by atoms with E-state index < -0.39 is 16.9 Å². The summed E-state index contributed by atoms with van der Waals surface area (Å²) in [5, 5.41) is 16.0. The third-order valence-corrected chi connectivity index (χ3v) is 3.38. The maximum Gasteiger partial charge on any atom is 0.270 e. The maximum absolute atomic E-state index is 12.1. The zero-order valence-corrected chi connectivity index (χ0v) is 13.3. The first-order valence-electron chi connectivity index (χ1n) is 7.29. The molecule has 0 radical (unpaired) electrons. The Morgan fingerprint density at radius 1 is 1.12 bits per heavy atom. The van der Waals surface area contributed by atoms with Gasteiger partial charge in [0.25, 0.3) is 11.6 Å². The Morgan fingerprint density at radius 3 is 2.42 bits per heavy atom. The molecule has 0 heterocycles. The van der Waals surface area contributed by atoms with Crippen LogP contribution in [-0.2, 0) is 4.79 Å². The van der Waals surface area contributed by atoms with Gasteiger partial charge in [-0.3, -0.25) is 19.7 Å². The zero-order chi connectivity index (χ0) is 17.7. The summed E-state index contributed by atoms with van der Waals surface area (Å²) in [4.78, 5) is 34.4. The van der Waals surface area contributed by atoms with Crippen molar-refractivity contribution in [2.45, 2.75) is 19.9 Å². The summed E-state index contributed by atoms with van der Waals surface area (Å²) < 4.78 is 0. The molecule has 0 bridgehead atoms. The molecular weight excluding hydrogens is 310 g/mol. The second kappa shape index (κ2) is 7.36. The lowest BCUT2D eigenvalue weighted by atomic mass is 10.1. The highest BCUT2D eigenvalue weighted by Gasteiger charge is 2.18. The molecule has 2 aromatic carbocycles. The number of nitrogens with one attached hydrogen (secondary N) is 2. The van der Waals surface area contributed by atoms with E-state index in [1.165, 1.54) is 24.3 Å². The van der Waals surface area contributed by atoms with Crippen molar-refractivity contribution in [3.8, 4) is 0 Å². The summed E-state index contributed by atoms with van der Waals surface area (Å²) in [6.07, 6.45) is 0. The van der Waals surface area contributed by atoms with Crippen molar-refractivity contribution in [1.29, 1.82) is 0 Å². The number of carbonyl (C=O) groups is 2. The lowest BCUT2D eigenvalue weighted by Crippen LogP contribution is -2.41. The van der Waals surface area contributed by atoms with Crippen molar-refractivity contribution in [2.24, 2.45) is 0 Å². The van der Waals surface area contributed by atoms with Gasteiger partial charge < -0.3 is 10.6 Å². The quantitative estimate of drug-likeness (QED) is 0.651. The molecule has 0 aliphatic rings. The molecule has 24 heavy (non-hydrogen) atoms. The molecule has 2 aromatic rings. The highest BCUT2D eigenvalue weighted by atomic mass is 16.6. The molecule has 124 valence electrons. The van der Waals surface area contributed by atoms with E-state index in [4.69, 9.17) is 0 Å². The molecule has 0 aliphatic carbocycles. The minimum absolute atomic E-state index is 0.124. The predicted molar refractivity (Wildman–Crippen MR) is 89.8 cm³/mol. The van der Waals surface area contributed by atoms with Crippen LogP contribution in [0.3, 0.4) is 0 Å². The molecule has 2 N–H and O–H groups in total. The molecule has 0 saturated carbocycles. The van der Waals surface area contributed by atoms with Gasteiger partial charge >= 0.3 is 0 Å². The number of hydrogen-bond acceptors (Lipinski definition) is 4. The number of benzene rings is 2. The van der Waals surface area contributed by atoms with Gasteiger partial charge in [0.15, 0.2) is 0 Å². The summed E-state index contributed by atoms with van der Waals surface area (Å²) in [5.41, 5.74) is 1.64. The average Bonchev–Trinajstić information content (AvgIpc) is 2.56. The van der Waals surface area contributed by atoms with Crippen LogP contribution in [-0.4, -0.2) is 22.8 Å². The Bertz CT molecular complexity index is 772. The van der Waals surface area contributed by atoms with Gasteiger partial charge in [-0.2, -0.15) is 0 Å². The Balaban J connectivity index is 2.00. The van der Waals surface area contributed by atoms with Crippen LogP contribution in [0.4, 0.5) is 11.4 Å². The van der Waals surface area contributed by atoms with Crippen molar-refractivity contribution >= 4 is 23.2 Å². The summed E-state index contributed by atoms with van der Waals surface area (Å²) in [7, 11) is 0. The summed E-state index contributed by atoms with van der Waals surface area (Å²) in [5.74, 6) is -0.928. The largest absolute Gasteiger partial charge is 0.341 e. The fourth-order valence-corrected chi connectivity index (χ4v) is 1.99. The molecule has 1 atom stereocenters. The molecule has 0 aromatic heterocycles. The first-order chi connectivity index (χ1) is 11.4. The zero-order valence-electron chi connectivity index (χ0n) is 13.3. The molecule has 0 aliphatic heterocycles. The van der Waals surface area contributed by atoms with Gasteiger partial charge in [0, 0.05) is 23.4 Å². The Morgan fingerprint density at radius 2 is 1.79 bits per heavy atom. The fourth-order valence-electron chi connectivity index (χ4n) is 1.99. The maximum atomic E-state index is 12.1. The Hall–Kier alpha value is -3.22.